The Hall–Kier alpha value is -1.39. The molecule has 1 aliphatic rings. The normalized spacial score (nSPS) is 20.8. The SMILES string of the molecule is COc1cc(C2CC2c2cnc(Cl)nc2Cl)ccc1F. The highest BCUT2D eigenvalue weighted by Crippen LogP contribution is 2.56. The van der Waals surface area contributed by atoms with Crippen LogP contribution in [0.4, 0.5) is 4.39 Å². The molecule has 0 amide bonds. The van der Waals surface area contributed by atoms with Gasteiger partial charge in [-0.2, -0.15) is 0 Å². The molecule has 2 unspecified atom stereocenters. The number of benzene rings is 1. The van der Waals surface area contributed by atoms with Crippen molar-refractivity contribution in [3.8, 4) is 5.75 Å². The molecule has 0 N–H and O–H groups in total. The van der Waals surface area contributed by atoms with Crippen LogP contribution in [0.25, 0.3) is 0 Å². The zero-order chi connectivity index (χ0) is 14.3. The Bertz CT molecular complexity index is 666. The first-order chi connectivity index (χ1) is 9.60. The summed E-state index contributed by atoms with van der Waals surface area (Å²) in [6.45, 7) is 0. The van der Waals surface area contributed by atoms with Crippen LogP contribution < -0.4 is 4.74 Å². The van der Waals surface area contributed by atoms with Gasteiger partial charge in [0.2, 0.25) is 5.28 Å². The van der Waals surface area contributed by atoms with Crippen molar-refractivity contribution in [3.05, 3.63) is 51.8 Å². The third-order valence-electron chi connectivity index (χ3n) is 3.53. The lowest BCUT2D eigenvalue weighted by Crippen LogP contribution is -1.93. The summed E-state index contributed by atoms with van der Waals surface area (Å²) in [5.41, 5.74) is 1.91. The highest BCUT2D eigenvalue weighted by molar-refractivity contribution is 6.32. The monoisotopic (exact) mass is 312 g/mol. The zero-order valence-corrected chi connectivity index (χ0v) is 12.1. The highest BCUT2D eigenvalue weighted by Gasteiger charge is 2.41. The van der Waals surface area contributed by atoms with E-state index in [4.69, 9.17) is 27.9 Å². The molecule has 2 atom stereocenters. The van der Waals surface area contributed by atoms with Gasteiger partial charge in [0.25, 0.3) is 0 Å². The summed E-state index contributed by atoms with van der Waals surface area (Å²) in [5, 5.41) is 0.519. The van der Waals surface area contributed by atoms with E-state index in [-0.39, 0.29) is 28.7 Å². The number of hydrogen-bond donors (Lipinski definition) is 0. The summed E-state index contributed by atoms with van der Waals surface area (Å²) in [7, 11) is 1.45. The first-order valence-corrected chi connectivity index (χ1v) is 6.87. The number of nitrogens with zero attached hydrogens (tertiary/aromatic N) is 2. The van der Waals surface area contributed by atoms with Crippen molar-refractivity contribution in [3.63, 3.8) is 0 Å². The van der Waals surface area contributed by atoms with Gasteiger partial charge in [-0.1, -0.05) is 17.7 Å². The molecule has 1 aromatic heterocycles. The summed E-state index contributed by atoms with van der Waals surface area (Å²) in [6.07, 6.45) is 2.59. The minimum atomic E-state index is -0.360. The maximum Gasteiger partial charge on any atom is 0.223 e. The smallest absolute Gasteiger partial charge is 0.223 e. The fraction of sp³-hybridized carbons (Fsp3) is 0.286. The van der Waals surface area contributed by atoms with Crippen molar-refractivity contribution >= 4 is 23.2 Å². The van der Waals surface area contributed by atoms with E-state index in [1.165, 1.54) is 13.2 Å². The predicted octanol–water partition coefficient (Wildman–Crippen LogP) is 4.20. The van der Waals surface area contributed by atoms with Crippen molar-refractivity contribution in [2.75, 3.05) is 7.11 Å². The molecular formula is C14H11Cl2FN2O. The Morgan fingerprint density at radius 2 is 2.10 bits per heavy atom. The van der Waals surface area contributed by atoms with Gasteiger partial charge >= 0.3 is 0 Å². The van der Waals surface area contributed by atoms with E-state index in [2.05, 4.69) is 9.97 Å². The van der Waals surface area contributed by atoms with Gasteiger partial charge in [0.1, 0.15) is 5.15 Å². The van der Waals surface area contributed by atoms with Gasteiger partial charge in [-0.05, 0) is 47.6 Å². The Balaban J connectivity index is 1.85. The standard InChI is InChI=1S/C14H11Cl2FN2O/c1-20-12-4-7(2-3-11(12)17)8-5-9(8)10-6-18-14(16)19-13(10)15/h2-4,6,8-9H,5H2,1H3. The van der Waals surface area contributed by atoms with Crippen LogP contribution in [0.1, 0.15) is 29.4 Å². The number of hydrogen-bond acceptors (Lipinski definition) is 3. The van der Waals surface area contributed by atoms with Gasteiger partial charge in [-0.15, -0.1) is 0 Å². The molecule has 0 aliphatic heterocycles. The molecule has 1 saturated carbocycles. The lowest BCUT2D eigenvalue weighted by molar-refractivity contribution is 0.386. The summed E-state index contributed by atoms with van der Waals surface area (Å²) >= 11 is 11.8. The summed E-state index contributed by atoms with van der Waals surface area (Å²) < 4.78 is 18.4. The second kappa shape index (κ2) is 5.19. The average molecular weight is 313 g/mol. The quantitative estimate of drug-likeness (QED) is 0.629. The highest BCUT2D eigenvalue weighted by atomic mass is 35.5. The van der Waals surface area contributed by atoms with Crippen LogP contribution in [0, 0.1) is 5.82 Å². The van der Waals surface area contributed by atoms with Crippen molar-refractivity contribution in [1.29, 1.82) is 0 Å². The van der Waals surface area contributed by atoms with E-state index >= 15 is 0 Å². The Labute approximate surface area is 125 Å². The number of aromatic nitrogens is 2. The van der Waals surface area contributed by atoms with Crippen LogP contribution in [0.3, 0.4) is 0 Å². The van der Waals surface area contributed by atoms with Crippen LogP contribution in [0.5, 0.6) is 5.75 Å². The third kappa shape index (κ3) is 2.45. The molecule has 20 heavy (non-hydrogen) atoms. The molecule has 0 bridgehead atoms. The first kappa shape index (κ1) is 13.6. The van der Waals surface area contributed by atoms with Crippen molar-refractivity contribution in [2.24, 2.45) is 0 Å². The largest absolute Gasteiger partial charge is 0.494 e. The molecule has 104 valence electrons. The van der Waals surface area contributed by atoms with Gasteiger partial charge < -0.3 is 4.74 Å². The second-order valence-electron chi connectivity index (χ2n) is 4.73. The van der Waals surface area contributed by atoms with Gasteiger partial charge in [0.15, 0.2) is 11.6 Å². The minimum Gasteiger partial charge on any atom is -0.494 e. The van der Waals surface area contributed by atoms with E-state index < -0.39 is 0 Å². The second-order valence-corrected chi connectivity index (χ2v) is 5.42. The molecular weight excluding hydrogens is 302 g/mol. The van der Waals surface area contributed by atoms with Crippen LogP contribution in [0.15, 0.2) is 24.4 Å². The van der Waals surface area contributed by atoms with Gasteiger partial charge in [-0.25, -0.2) is 14.4 Å². The molecule has 1 aromatic carbocycles. The molecule has 6 heteroatoms. The van der Waals surface area contributed by atoms with E-state index in [0.29, 0.717) is 5.15 Å². The van der Waals surface area contributed by atoms with Gasteiger partial charge in [0.05, 0.1) is 7.11 Å². The minimum absolute atomic E-state index is 0.138. The van der Waals surface area contributed by atoms with E-state index in [1.54, 1.807) is 18.3 Å². The van der Waals surface area contributed by atoms with Crippen molar-refractivity contribution < 1.29 is 9.13 Å². The molecule has 3 nitrogen and oxygen atoms in total. The number of halogens is 3. The topological polar surface area (TPSA) is 35.0 Å². The number of rotatable bonds is 3. The predicted molar refractivity (Wildman–Crippen MR) is 75.1 cm³/mol. The van der Waals surface area contributed by atoms with Crippen molar-refractivity contribution in [1.82, 2.24) is 9.97 Å². The molecule has 1 fully saturated rings. The van der Waals surface area contributed by atoms with Gasteiger partial charge in [-0.3, -0.25) is 0 Å². The lowest BCUT2D eigenvalue weighted by Gasteiger charge is -2.06. The molecule has 0 spiro atoms. The summed E-state index contributed by atoms with van der Waals surface area (Å²) in [5.74, 6) is 0.426. The Morgan fingerprint density at radius 1 is 1.30 bits per heavy atom. The molecule has 0 radical (unpaired) electrons. The van der Waals surface area contributed by atoms with Crippen LogP contribution in [-0.2, 0) is 0 Å². The fourth-order valence-electron chi connectivity index (χ4n) is 2.41. The lowest BCUT2D eigenvalue weighted by atomic mass is 10.1. The van der Waals surface area contributed by atoms with E-state index in [9.17, 15) is 4.39 Å². The molecule has 0 saturated heterocycles. The maximum absolute atomic E-state index is 13.4. The molecule has 3 rings (SSSR count). The first-order valence-electron chi connectivity index (χ1n) is 6.11. The molecule has 1 heterocycles. The maximum atomic E-state index is 13.4. The van der Waals surface area contributed by atoms with Crippen molar-refractivity contribution in [2.45, 2.75) is 18.3 Å². The van der Waals surface area contributed by atoms with E-state index in [1.807, 2.05) is 0 Å². The van der Waals surface area contributed by atoms with E-state index in [0.717, 1.165) is 17.5 Å². The zero-order valence-electron chi connectivity index (χ0n) is 10.6. The number of ether oxygens (including phenoxy) is 1. The average Bonchev–Trinajstić information content (AvgIpc) is 3.19. The van der Waals surface area contributed by atoms with Crippen LogP contribution in [-0.4, -0.2) is 17.1 Å². The Kier molecular flexibility index (Phi) is 3.52. The summed E-state index contributed by atoms with van der Waals surface area (Å²) in [4.78, 5) is 7.91. The number of methoxy groups -OCH3 is 1. The van der Waals surface area contributed by atoms with Crippen LogP contribution in [0.2, 0.25) is 10.4 Å². The summed E-state index contributed by atoms with van der Waals surface area (Å²) in [6, 6.07) is 4.92. The Morgan fingerprint density at radius 3 is 2.80 bits per heavy atom. The third-order valence-corrected chi connectivity index (χ3v) is 4.02. The molecule has 1 aliphatic carbocycles. The molecule has 2 aromatic rings. The fourth-order valence-corrected chi connectivity index (χ4v) is 2.86. The van der Waals surface area contributed by atoms with Gasteiger partial charge in [0, 0.05) is 11.8 Å². The van der Waals surface area contributed by atoms with Crippen LogP contribution >= 0.6 is 23.2 Å².